The smallest absolute Gasteiger partial charge is 0.241 e. The Morgan fingerprint density at radius 3 is 2.68 bits per heavy atom. The van der Waals surface area contributed by atoms with Crippen LogP contribution in [0.3, 0.4) is 0 Å². The van der Waals surface area contributed by atoms with E-state index in [-0.39, 0.29) is 0 Å². The molecule has 0 saturated heterocycles. The van der Waals surface area contributed by atoms with Crippen molar-refractivity contribution in [1.29, 1.82) is 0 Å². The van der Waals surface area contributed by atoms with Crippen molar-refractivity contribution in [2.24, 2.45) is 5.92 Å². The fraction of sp³-hybridized carbons (Fsp3) is 0.478. The Kier molecular flexibility index (Phi) is 7.59. The lowest BCUT2D eigenvalue weighted by atomic mass is 9.92. The molecule has 2 heteroatoms. The van der Waals surface area contributed by atoms with Gasteiger partial charge in [0, 0.05) is 12.0 Å². The fourth-order valence-corrected chi connectivity index (χ4v) is 3.97. The van der Waals surface area contributed by atoms with Crippen LogP contribution in [0.2, 0.25) is 19.6 Å². The number of benzene rings is 1. The van der Waals surface area contributed by atoms with Crippen LogP contribution < -0.4 is 0 Å². The van der Waals surface area contributed by atoms with Crippen LogP contribution in [0.5, 0.6) is 0 Å². The Balaban J connectivity index is 2.16. The van der Waals surface area contributed by atoms with Gasteiger partial charge >= 0.3 is 0 Å². The van der Waals surface area contributed by atoms with Gasteiger partial charge in [0.1, 0.15) is 0 Å². The molecule has 1 nitrogen and oxygen atoms in total. The number of unbranched alkanes of at least 4 members (excludes halogenated alkanes) is 1. The minimum absolute atomic E-state index is 0.469. The lowest BCUT2D eigenvalue weighted by Gasteiger charge is -2.26. The number of hydrogen-bond donors (Lipinski definition) is 0. The van der Waals surface area contributed by atoms with E-state index in [0.29, 0.717) is 5.92 Å². The second kappa shape index (κ2) is 9.68. The van der Waals surface area contributed by atoms with Gasteiger partial charge in [0.05, 0.1) is 5.76 Å². The summed E-state index contributed by atoms with van der Waals surface area (Å²) in [5.74, 6) is 8.44. The maximum absolute atomic E-state index is 6.24. The van der Waals surface area contributed by atoms with Crippen LogP contribution in [0.4, 0.5) is 0 Å². The summed E-state index contributed by atoms with van der Waals surface area (Å²) in [6.07, 6.45) is 11.7. The molecule has 1 aromatic carbocycles. The second-order valence-corrected chi connectivity index (χ2v) is 12.2. The maximum Gasteiger partial charge on any atom is 0.241 e. The largest absolute Gasteiger partial charge is 0.548 e. The summed E-state index contributed by atoms with van der Waals surface area (Å²) >= 11 is 0. The highest BCUT2D eigenvalue weighted by Gasteiger charge is 2.20. The van der Waals surface area contributed by atoms with E-state index in [4.69, 9.17) is 4.43 Å². The molecule has 1 aliphatic rings. The molecule has 0 aliphatic heterocycles. The zero-order chi connectivity index (χ0) is 18.1. The van der Waals surface area contributed by atoms with Crippen molar-refractivity contribution >= 4 is 8.32 Å². The molecule has 2 rings (SSSR count). The fourth-order valence-electron chi connectivity index (χ4n) is 3.01. The molecular weight excluding hydrogens is 320 g/mol. The van der Waals surface area contributed by atoms with Gasteiger partial charge in [0.25, 0.3) is 0 Å². The van der Waals surface area contributed by atoms with Crippen molar-refractivity contribution in [3.63, 3.8) is 0 Å². The molecule has 0 heterocycles. The normalized spacial score (nSPS) is 18.2. The molecule has 134 valence electrons. The maximum atomic E-state index is 6.24. The first-order chi connectivity index (χ1) is 12.0. The first-order valence-electron chi connectivity index (χ1n) is 9.64. The van der Waals surface area contributed by atoms with Gasteiger partial charge in [-0.2, -0.15) is 0 Å². The van der Waals surface area contributed by atoms with Crippen molar-refractivity contribution < 1.29 is 4.43 Å². The molecule has 25 heavy (non-hydrogen) atoms. The average Bonchev–Trinajstić information content (AvgIpc) is 2.57. The molecule has 1 atom stereocenters. The third-order valence-corrected chi connectivity index (χ3v) is 5.03. The summed E-state index contributed by atoms with van der Waals surface area (Å²) in [6.45, 7) is 9.00. The van der Waals surface area contributed by atoms with Crippen molar-refractivity contribution in [3.05, 3.63) is 59.4 Å². The summed E-state index contributed by atoms with van der Waals surface area (Å²) < 4.78 is 6.24. The highest BCUT2D eigenvalue weighted by atomic mass is 28.4. The van der Waals surface area contributed by atoms with Gasteiger partial charge in [-0.3, -0.25) is 0 Å². The zero-order valence-electron chi connectivity index (χ0n) is 16.3. The second-order valence-electron chi connectivity index (χ2n) is 7.81. The van der Waals surface area contributed by atoms with E-state index in [1.165, 1.54) is 37.0 Å². The third kappa shape index (κ3) is 7.80. The topological polar surface area (TPSA) is 9.23 Å². The van der Waals surface area contributed by atoms with Gasteiger partial charge in [-0.25, -0.2) is 0 Å². The van der Waals surface area contributed by atoms with E-state index in [0.717, 1.165) is 18.4 Å². The van der Waals surface area contributed by atoms with Gasteiger partial charge in [-0.15, -0.1) is 0 Å². The Bertz CT molecular complexity index is 653. The Morgan fingerprint density at radius 1 is 1.24 bits per heavy atom. The molecule has 0 saturated carbocycles. The monoisotopic (exact) mass is 352 g/mol. The summed E-state index contributed by atoms with van der Waals surface area (Å²) in [5, 5.41) is 0. The molecule has 1 aliphatic carbocycles. The summed E-state index contributed by atoms with van der Waals surface area (Å²) in [4.78, 5) is 0. The molecule has 1 aromatic rings. The predicted molar refractivity (Wildman–Crippen MR) is 111 cm³/mol. The summed E-state index contributed by atoms with van der Waals surface area (Å²) in [6, 6.07) is 10.3. The van der Waals surface area contributed by atoms with Crippen LogP contribution in [0.1, 0.15) is 51.0 Å². The molecule has 0 N–H and O–H groups in total. The van der Waals surface area contributed by atoms with Crippen molar-refractivity contribution in [1.82, 2.24) is 0 Å². The minimum Gasteiger partial charge on any atom is -0.548 e. The molecule has 0 aromatic heterocycles. The molecule has 0 spiro atoms. The lowest BCUT2D eigenvalue weighted by molar-refractivity contribution is 0.369. The van der Waals surface area contributed by atoms with Crippen LogP contribution in [0.25, 0.3) is 0 Å². The SMILES string of the molecule is CCCC/C(C#Cc1ccccc1)=C/C1C=C(O[Si](C)(C)C)CCC1. The van der Waals surface area contributed by atoms with E-state index in [1.54, 1.807) is 0 Å². The van der Waals surface area contributed by atoms with Crippen LogP contribution in [-0.4, -0.2) is 8.32 Å². The first-order valence-corrected chi connectivity index (χ1v) is 13.0. The quantitative estimate of drug-likeness (QED) is 0.409. The van der Waals surface area contributed by atoms with Crippen LogP contribution in [0.15, 0.2) is 53.8 Å². The highest BCUT2D eigenvalue weighted by molar-refractivity contribution is 6.70. The number of allylic oxidation sites excluding steroid dienone is 4. The molecule has 1 unspecified atom stereocenters. The predicted octanol–water partition coefficient (Wildman–Crippen LogP) is 6.69. The molecule has 0 bridgehead atoms. The number of rotatable bonds is 6. The van der Waals surface area contributed by atoms with E-state index in [2.05, 4.69) is 62.7 Å². The van der Waals surface area contributed by atoms with Crippen molar-refractivity contribution in [2.75, 3.05) is 0 Å². The van der Waals surface area contributed by atoms with Gasteiger partial charge in [0.15, 0.2) is 0 Å². The minimum atomic E-state index is -1.51. The van der Waals surface area contributed by atoms with Gasteiger partial charge < -0.3 is 4.43 Å². The third-order valence-electron chi connectivity index (χ3n) is 4.15. The molecule has 0 fully saturated rings. The highest BCUT2D eigenvalue weighted by Crippen LogP contribution is 2.28. The van der Waals surface area contributed by atoms with E-state index in [9.17, 15) is 0 Å². The molecule has 0 radical (unpaired) electrons. The Labute approximate surface area is 155 Å². The molecular formula is C23H32OSi. The van der Waals surface area contributed by atoms with Crippen LogP contribution >= 0.6 is 0 Å². The Morgan fingerprint density at radius 2 is 2.00 bits per heavy atom. The van der Waals surface area contributed by atoms with E-state index >= 15 is 0 Å². The van der Waals surface area contributed by atoms with Crippen LogP contribution in [-0.2, 0) is 4.43 Å². The van der Waals surface area contributed by atoms with Crippen molar-refractivity contribution in [3.8, 4) is 11.8 Å². The van der Waals surface area contributed by atoms with Crippen molar-refractivity contribution in [2.45, 2.75) is 65.1 Å². The standard InChI is InChI=1S/C23H32OSi/c1-5-6-11-21(17-16-20-12-8-7-9-13-20)18-22-14-10-15-23(19-22)24-25(2,3)4/h7-9,12-13,18-19,22H,5-6,10-11,14-15H2,1-4H3/b21-18-. The number of hydrogen-bond acceptors (Lipinski definition) is 1. The van der Waals surface area contributed by atoms with E-state index in [1.807, 2.05) is 18.2 Å². The zero-order valence-corrected chi connectivity index (χ0v) is 17.3. The van der Waals surface area contributed by atoms with Crippen LogP contribution in [0, 0.1) is 17.8 Å². The molecule has 0 amide bonds. The summed E-state index contributed by atoms with van der Waals surface area (Å²) in [7, 11) is -1.51. The summed E-state index contributed by atoms with van der Waals surface area (Å²) in [5.41, 5.74) is 2.37. The van der Waals surface area contributed by atoms with Gasteiger partial charge in [0.2, 0.25) is 8.32 Å². The van der Waals surface area contributed by atoms with E-state index < -0.39 is 8.32 Å². The Hall–Kier alpha value is -1.72. The average molecular weight is 353 g/mol. The first kappa shape index (κ1) is 19.6. The van der Waals surface area contributed by atoms with Gasteiger partial charge in [-0.1, -0.05) is 49.5 Å². The van der Waals surface area contributed by atoms with Gasteiger partial charge in [-0.05, 0) is 75.0 Å². The lowest BCUT2D eigenvalue weighted by Crippen LogP contribution is -2.25.